The second kappa shape index (κ2) is 11.9. The van der Waals surface area contributed by atoms with Gasteiger partial charge in [0.2, 0.25) is 15.9 Å². The van der Waals surface area contributed by atoms with Gasteiger partial charge < -0.3 is 14.8 Å². The van der Waals surface area contributed by atoms with E-state index in [4.69, 9.17) is 9.47 Å². The van der Waals surface area contributed by atoms with Gasteiger partial charge in [0.25, 0.3) is 5.91 Å². The molecule has 0 aliphatic carbocycles. The van der Waals surface area contributed by atoms with Gasteiger partial charge in [0.1, 0.15) is 11.5 Å². The molecule has 0 fully saturated rings. The number of ether oxygens (including phenoxy) is 2. The van der Waals surface area contributed by atoms with Crippen LogP contribution >= 0.6 is 0 Å². The topological polar surface area (TPSA) is 111 Å². The first-order valence-corrected chi connectivity index (χ1v) is 13.1. The molecule has 0 bridgehead atoms. The van der Waals surface area contributed by atoms with E-state index in [1.807, 2.05) is 29.0 Å². The Kier molecular flexibility index (Phi) is 9.49. The number of carbonyl (C=O) groups excluding carboxylic acids is 2. The average molecular weight is 491 g/mol. The molecule has 2 aromatic carbocycles. The largest absolute Gasteiger partial charge is 0.496 e. The van der Waals surface area contributed by atoms with E-state index in [0.29, 0.717) is 5.75 Å². The highest BCUT2D eigenvalue weighted by molar-refractivity contribution is 7.89. The molecule has 0 radical (unpaired) electrons. The van der Waals surface area contributed by atoms with Gasteiger partial charge in [0.15, 0.2) is 5.60 Å². The van der Waals surface area contributed by atoms with Crippen molar-refractivity contribution in [3.8, 4) is 11.5 Å². The Bertz CT molecular complexity index is 1080. The van der Waals surface area contributed by atoms with Crippen LogP contribution in [0.2, 0.25) is 0 Å². The first kappa shape index (κ1) is 27.2. The third-order valence-corrected chi connectivity index (χ3v) is 5.74. The van der Waals surface area contributed by atoms with E-state index in [1.165, 1.54) is 13.8 Å². The fourth-order valence-corrected chi connectivity index (χ4v) is 3.99. The Hall–Kier alpha value is -3.07. The molecule has 186 valence electrons. The molecule has 1 atom stereocenters. The average Bonchev–Trinajstić information content (AvgIpc) is 2.76. The van der Waals surface area contributed by atoms with Crippen LogP contribution in [0.5, 0.6) is 11.5 Å². The zero-order valence-corrected chi connectivity index (χ0v) is 21.2. The molecule has 0 aliphatic heterocycles. The minimum atomic E-state index is -3.69. The van der Waals surface area contributed by atoms with Crippen LogP contribution in [0.4, 0.5) is 0 Å². The summed E-state index contributed by atoms with van der Waals surface area (Å²) in [7, 11) is -2.07. The summed E-state index contributed by atoms with van der Waals surface area (Å²) in [5, 5.41) is 3.12. The lowest BCUT2D eigenvalue weighted by atomic mass is 9.99. The van der Waals surface area contributed by atoms with Gasteiger partial charge in [-0.3, -0.25) is 9.59 Å². The van der Waals surface area contributed by atoms with Gasteiger partial charge in [0.05, 0.1) is 25.8 Å². The van der Waals surface area contributed by atoms with Crippen LogP contribution in [0.3, 0.4) is 0 Å². The molecule has 1 unspecified atom stereocenters. The number of hydrogen-bond acceptors (Lipinski definition) is 6. The quantitative estimate of drug-likeness (QED) is 0.471. The van der Waals surface area contributed by atoms with Crippen molar-refractivity contribution in [2.75, 3.05) is 13.4 Å². The molecule has 0 aliphatic rings. The summed E-state index contributed by atoms with van der Waals surface area (Å²) in [6.45, 7) is 5.06. The molecule has 0 heterocycles. The molecule has 2 amide bonds. The van der Waals surface area contributed by atoms with Crippen molar-refractivity contribution >= 4 is 21.8 Å². The minimum Gasteiger partial charge on any atom is -0.496 e. The Morgan fingerprint density at radius 2 is 1.71 bits per heavy atom. The summed E-state index contributed by atoms with van der Waals surface area (Å²) in [4.78, 5) is 25.0. The maximum absolute atomic E-state index is 12.8. The second-order valence-corrected chi connectivity index (χ2v) is 10.4. The predicted molar refractivity (Wildman–Crippen MR) is 131 cm³/mol. The molecular weight excluding hydrogens is 456 g/mol. The van der Waals surface area contributed by atoms with Crippen molar-refractivity contribution < 1.29 is 27.5 Å². The Balaban J connectivity index is 2.04. The van der Waals surface area contributed by atoms with Crippen LogP contribution in [0, 0.1) is 0 Å². The first-order chi connectivity index (χ1) is 15.9. The number of amides is 2. The number of hydrogen-bond donors (Lipinski definition) is 2. The van der Waals surface area contributed by atoms with E-state index >= 15 is 0 Å². The van der Waals surface area contributed by atoms with Crippen LogP contribution in [-0.2, 0) is 26.0 Å². The normalized spacial score (nSPS) is 12.5. The highest BCUT2D eigenvalue weighted by Gasteiger charge is 2.32. The fourth-order valence-electron chi connectivity index (χ4n) is 3.41. The summed E-state index contributed by atoms with van der Waals surface area (Å²) in [6.07, 6.45) is 3.87. The summed E-state index contributed by atoms with van der Waals surface area (Å²) < 4.78 is 35.7. The van der Waals surface area contributed by atoms with Gasteiger partial charge in [-0.25, -0.2) is 13.1 Å². The predicted octanol–water partition coefficient (Wildman–Crippen LogP) is 3.52. The van der Waals surface area contributed by atoms with Gasteiger partial charge >= 0.3 is 0 Å². The SMILES string of the molecule is CCCCC(NC(=O)Cc1ccc(OC(C)(C)C(=O)NS(C)(=O)=O)cc1)c1ccccc1OC. The van der Waals surface area contributed by atoms with E-state index in [0.717, 1.165) is 42.4 Å². The maximum atomic E-state index is 12.8. The van der Waals surface area contributed by atoms with Crippen molar-refractivity contribution in [3.05, 3.63) is 59.7 Å². The van der Waals surface area contributed by atoms with Crippen LogP contribution in [0.1, 0.15) is 57.2 Å². The molecule has 9 heteroatoms. The van der Waals surface area contributed by atoms with Gasteiger partial charge in [0, 0.05) is 5.56 Å². The summed E-state index contributed by atoms with van der Waals surface area (Å²) >= 11 is 0. The van der Waals surface area contributed by atoms with E-state index in [1.54, 1.807) is 31.4 Å². The first-order valence-electron chi connectivity index (χ1n) is 11.2. The van der Waals surface area contributed by atoms with Crippen LogP contribution < -0.4 is 19.5 Å². The standard InChI is InChI=1S/C25H34N2O6S/c1-6-7-11-21(20-10-8-9-12-22(20)32-4)26-23(28)17-18-13-15-19(16-14-18)33-25(2,3)24(29)27-34(5,30)31/h8-10,12-16,21H,6-7,11,17H2,1-5H3,(H,26,28)(H,27,29). The third-order valence-electron chi connectivity index (χ3n) is 5.18. The Morgan fingerprint density at radius 3 is 2.29 bits per heavy atom. The summed E-state index contributed by atoms with van der Waals surface area (Å²) in [5.74, 6) is 0.238. The molecule has 2 rings (SSSR count). The molecule has 0 saturated carbocycles. The van der Waals surface area contributed by atoms with Gasteiger partial charge in [-0.05, 0) is 44.0 Å². The summed E-state index contributed by atoms with van der Waals surface area (Å²) in [6, 6.07) is 14.3. The lowest BCUT2D eigenvalue weighted by Crippen LogP contribution is -2.48. The second-order valence-electron chi connectivity index (χ2n) is 8.64. The third kappa shape index (κ3) is 8.37. The van der Waals surface area contributed by atoms with Crippen LogP contribution in [-0.4, -0.2) is 39.2 Å². The number of sulfonamides is 1. The maximum Gasteiger partial charge on any atom is 0.277 e. The van der Waals surface area contributed by atoms with E-state index in [2.05, 4.69) is 12.2 Å². The minimum absolute atomic E-state index is 0.117. The summed E-state index contributed by atoms with van der Waals surface area (Å²) in [5.41, 5.74) is 0.325. The van der Waals surface area contributed by atoms with E-state index in [9.17, 15) is 18.0 Å². The van der Waals surface area contributed by atoms with E-state index < -0.39 is 21.5 Å². The number of para-hydroxylation sites is 1. The Labute approximate surface area is 202 Å². The van der Waals surface area contributed by atoms with Crippen molar-refractivity contribution in [2.24, 2.45) is 0 Å². The monoisotopic (exact) mass is 490 g/mol. The number of rotatable bonds is 12. The van der Waals surface area contributed by atoms with Gasteiger partial charge in [-0.1, -0.05) is 50.1 Å². The molecule has 2 aromatic rings. The zero-order valence-electron chi connectivity index (χ0n) is 20.4. The number of unbranched alkanes of at least 4 members (excludes halogenated alkanes) is 1. The molecule has 0 aromatic heterocycles. The highest BCUT2D eigenvalue weighted by Crippen LogP contribution is 2.28. The molecule has 0 saturated heterocycles. The number of nitrogens with one attached hydrogen (secondary N) is 2. The molecule has 34 heavy (non-hydrogen) atoms. The fraction of sp³-hybridized carbons (Fsp3) is 0.440. The van der Waals surface area contributed by atoms with E-state index in [-0.39, 0.29) is 18.4 Å². The van der Waals surface area contributed by atoms with Crippen molar-refractivity contribution in [3.63, 3.8) is 0 Å². The number of benzene rings is 2. The van der Waals surface area contributed by atoms with Gasteiger partial charge in [-0.15, -0.1) is 0 Å². The van der Waals surface area contributed by atoms with Gasteiger partial charge in [-0.2, -0.15) is 0 Å². The lowest BCUT2D eigenvalue weighted by Gasteiger charge is -2.25. The zero-order chi connectivity index (χ0) is 25.4. The van der Waals surface area contributed by atoms with Crippen molar-refractivity contribution in [1.29, 1.82) is 0 Å². The van der Waals surface area contributed by atoms with Crippen molar-refractivity contribution in [2.45, 2.75) is 58.1 Å². The molecular formula is C25H34N2O6S. The highest BCUT2D eigenvalue weighted by atomic mass is 32.2. The lowest BCUT2D eigenvalue weighted by molar-refractivity contribution is -0.132. The molecule has 2 N–H and O–H groups in total. The number of methoxy groups -OCH3 is 1. The number of carbonyl (C=O) groups is 2. The molecule has 8 nitrogen and oxygen atoms in total. The van der Waals surface area contributed by atoms with Crippen LogP contribution in [0.25, 0.3) is 0 Å². The molecule has 0 spiro atoms. The van der Waals surface area contributed by atoms with Crippen LogP contribution in [0.15, 0.2) is 48.5 Å². The van der Waals surface area contributed by atoms with Crippen molar-refractivity contribution in [1.82, 2.24) is 10.0 Å². The smallest absolute Gasteiger partial charge is 0.277 e. The Morgan fingerprint density at radius 1 is 1.06 bits per heavy atom.